The monoisotopic (exact) mass is 292 g/mol. The first-order valence-corrected chi connectivity index (χ1v) is 8.21. The molecule has 4 nitrogen and oxygen atoms in total. The highest BCUT2D eigenvalue weighted by Gasteiger charge is 2.04. The Morgan fingerprint density at radius 2 is 1.89 bits per heavy atom. The summed E-state index contributed by atoms with van der Waals surface area (Å²) in [5.74, 6) is 0.661. The van der Waals surface area contributed by atoms with Crippen molar-refractivity contribution in [3.63, 3.8) is 0 Å². The van der Waals surface area contributed by atoms with Crippen LogP contribution in [0.25, 0.3) is 0 Å². The van der Waals surface area contributed by atoms with E-state index in [1.165, 1.54) is 0 Å². The van der Waals surface area contributed by atoms with E-state index < -0.39 is 9.05 Å². The van der Waals surface area contributed by atoms with E-state index in [4.69, 9.17) is 20.2 Å². The molecule has 102 valence electrons. The molecule has 6 heteroatoms. The third kappa shape index (κ3) is 6.23. The predicted octanol–water partition coefficient (Wildman–Crippen LogP) is 2.21. The lowest BCUT2D eigenvalue weighted by Crippen LogP contribution is -2.12. The van der Waals surface area contributed by atoms with Crippen LogP contribution >= 0.6 is 10.7 Å². The summed E-state index contributed by atoms with van der Waals surface area (Å²) < 4.78 is 31.9. The Labute approximate surface area is 112 Å². The quantitative estimate of drug-likeness (QED) is 0.544. The number of ether oxygens (including phenoxy) is 2. The Morgan fingerprint density at radius 3 is 2.56 bits per heavy atom. The number of hydrogen-bond donors (Lipinski definition) is 0. The van der Waals surface area contributed by atoms with Gasteiger partial charge in [0.15, 0.2) is 0 Å². The molecule has 0 N–H and O–H groups in total. The van der Waals surface area contributed by atoms with Crippen molar-refractivity contribution in [2.24, 2.45) is 0 Å². The lowest BCUT2D eigenvalue weighted by Gasteiger charge is -2.10. The van der Waals surface area contributed by atoms with E-state index >= 15 is 0 Å². The van der Waals surface area contributed by atoms with Crippen molar-refractivity contribution in [2.45, 2.75) is 13.3 Å². The van der Waals surface area contributed by atoms with Gasteiger partial charge in [0, 0.05) is 10.7 Å². The van der Waals surface area contributed by atoms with Gasteiger partial charge in [-0.15, -0.1) is 0 Å². The molecule has 0 aromatic heterocycles. The number of benzene rings is 1. The second-order valence-electron chi connectivity index (χ2n) is 3.67. The van der Waals surface area contributed by atoms with Crippen LogP contribution in [-0.2, 0) is 20.2 Å². The van der Waals surface area contributed by atoms with E-state index in [2.05, 4.69) is 6.92 Å². The Kier molecular flexibility index (Phi) is 6.46. The molecule has 0 bridgehead atoms. The molecule has 1 aromatic rings. The molecule has 0 spiro atoms. The van der Waals surface area contributed by atoms with Crippen LogP contribution in [0.3, 0.4) is 0 Å². The second kappa shape index (κ2) is 7.61. The fourth-order valence-corrected chi connectivity index (χ4v) is 1.91. The molecule has 0 radical (unpaired) electrons. The van der Waals surface area contributed by atoms with E-state index in [1.807, 2.05) is 24.3 Å². The van der Waals surface area contributed by atoms with Crippen molar-refractivity contribution in [1.29, 1.82) is 0 Å². The maximum atomic E-state index is 10.6. The molecule has 0 unspecified atom stereocenters. The Balaban J connectivity index is 2.22. The summed E-state index contributed by atoms with van der Waals surface area (Å²) in [6.07, 6.45) is 0.904. The SMILES string of the molecule is CCc1ccccc1OCCOCCS(=O)(=O)Cl. The van der Waals surface area contributed by atoms with E-state index in [1.54, 1.807) is 0 Å². The van der Waals surface area contributed by atoms with Crippen molar-refractivity contribution in [2.75, 3.05) is 25.6 Å². The molecular formula is C12H17ClO4S. The van der Waals surface area contributed by atoms with Crippen molar-refractivity contribution in [3.8, 4) is 5.75 Å². The Bertz CT molecular complexity index is 459. The average molecular weight is 293 g/mol. The molecule has 1 rings (SSSR count). The molecule has 0 saturated carbocycles. The summed E-state index contributed by atoms with van der Waals surface area (Å²) in [6, 6.07) is 7.79. The van der Waals surface area contributed by atoms with E-state index in [0.717, 1.165) is 17.7 Å². The minimum absolute atomic E-state index is 0.0879. The third-order valence-electron chi connectivity index (χ3n) is 2.31. The molecule has 0 aliphatic carbocycles. The van der Waals surface area contributed by atoms with E-state index in [0.29, 0.717) is 13.2 Å². The minimum Gasteiger partial charge on any atom is -0.491 e. The highest BCUT2D eigenvalue weighted by molar-refractivity contribution is 8.13. The highest BCUT2D eigenvalue weighted by atomic mass is 35.7. The number of halogens is 1. The zero-order valence-electron chi connectivity index (χ0n) is 10.3. The largest absolute Gasteiger partial charge is 0.491 e. The Morgan fingerprint density at radius 1 is 1.17 bits per heavy atom. The molecule has 18 heavy (non-hydrogen) atoms. The van der Waals surface area contributed by atoms with Gasteiger partial charge in [-0.25, -0.2) is 8.42 Å². The minimum atomic E-state index is -3.47. The summed E-state index contributed by atoms with van der Waals surface area (Å²) in [5.41, 5.74) is 1.14. The van der Waals surface area contributed by atoms with Crippen LogP contribution in [0, 0.1) is 0 Å². The van der Waals surface area contributed by atoms with Crippen LogP contribution in [0.1, 0.15) is 12.5 Å². The molecule has 0 saturated heterocycles. The van der Waals surface area contributed by atoms with Gasteiger partial charge >= 0.3 is 0 Å². The van der Waals surface area contributed by atoms with Gasteiger partial charge in [-0.05, 0) is 18.1 Å². The highest BCUT2D eigenvalue weighted by Crippen LogP contribution is 2.17. The van der Waals surface area contributed by atoms with Crippen LogP contribution in [0.2, 0.25) is 0 Å². The van der Waals surface area contributed by atoms with Gasteiger partial charge < -0.3 is 9.47 Å². The van der Waals surface area contributed by atoms with Gasteiger partial charge in [0.25, 0.3) is 0 Å². The predicted molar refractivity (Wildman–Crippen MR) is 71.8 cm³/mol. The van der Waals surface area contributed by atoms with Gasteiger partial charge in [-0.2, -0.15) is 0 Å². The summed E-state index contributed by atoms with van der Waals surface area (Å²) in [4.78, 5) is 0. The van der Waals surface area contributed by atoms with E-state index in [-0.39, 0.29) is 12.4 Å². The summed E-state index contributed by atoms with van der Waals surface area (Å²) in [7, 11) is 1.57. The molecule has 0 amide bonds. The topological polar surface area (TPSA) is 52.6 Å². The zero-order chi connectivity index (χ0) is 13.4. The number of para-hydroxylation sites is 1. The van der Waals surface area contributed by atoms with Crippen molar-refractivity contribution >= 4 is 19.7 Å². The van der Waals surface area contributed by atoms with Crippen molar-refractivity contribution in [1.82, 2.24) is 0 Å². The summed E-state index contributed by atoms with van der Waals surface area (Å²) in [5, 5.41) is 0. The average Bonchev–Trinajstić information content (AvgIpc) is 2.32. The van der Waals surface area contributed by atoms with Gasteiger partial charge in [0.2, 0.25) is 9.05 Å². The standard InChI is InChI=1S/C12H17ClO4S/c1-2-11-5-3-4-6-12(11)17-8-7-16-9-10-18(13,14)15/h3-6H,2,7-10H2,1H3. The van der Waals surface area contributed by atoms with Gasteiger partial charge in [0.1, 0.15) is 12.4 Å². The number of hydrogen-bond acceptors (Lipinski definition) is 4. The fourth-order valence-electron chi connectivity index (χ4n) is 1.41. The lowest BCUT2D eigenvalue weighted by molar-refractivity contribution is 0.111. The molecule has 1 aromatic carbocycles. The molecule has 0 fully saturated rings. The maximum Gasteiger partial charge on any atom is 0.234 e. The lowest BCUT2D eigenvalue weighted by atomic mass is 10.1. The van der Waals surface area contributed by atoms with Crippen LogP contribution in [0.15, 0.2) is 24.3 Å². The maximum absolute atomic E-state index is 10.6. The van der Waals surface area contributed by atoms with Gasteiger partial charge in [0.05, 0.1) is 19.0 Å². The van der Waals surface area contributed by atoms with E-state index in [9.17, 15) is 8.42 Å². The third-order valence-corrected chi connectivity index (χ3v) is 3.43. The second-order valence-corrected chi connectivity index (χ2v) is 6.56. The van der Waals surface area contributed by atoms with Gasteiger partial charge in [-0.1, -0.05) is 25.1 Å². The smallest absolute Gasteiger partial charge is 0.234 e. The van der Waals surface area contributed by atoms with Crippen molar-refractivity contribution < 1.29 is 17.9 Å². The van der Waals surface area contributed by atoms with Crippen LogP contribution in [-0.4, -0.2) is 34.0 Å². The number of aryl methyl sites for hydroxylation is 1. The summed E-state index contributed by atoms with van der Waals surface area (Å²) >= 11 is 0. The zero-order valence-corrected chi connectivity index (χ0v) is 11.8. The van der Waals surface area contributed by atoms with Crippen molar-refractivity contribution in [3.05, 3.63) is 29.8 Å². The van der Waals surface area contributed by atoms with Gasteiger partial charge in [-0.3, -0.25) is 0 Å². The van der Waals surface area contributed by atoms with Crippen LogP contribution in [0.4, 0.5) is 0 Å². The first-order valence-electron chi connectivity index (χ1n) is 5.73. The molecule has 0 aliphatic rings. The Hall–Kier alpha value is -0.780. The van der Waals surface area contributed by atoms with Crippen LogP contribution < -0.4 is 4.74 Å². The van der Waals surface area contributed by atoms with Crippen LogP contribution in [0.5, 0.6) is 5.75 Å². The first kappa shape index (κ1) is 15.3. The molecular weight excluding hydrogens is 276 g/mol. The molecule has 0 atom stereocenters. The number of rotatable bonds is 8. The molecule has 0 heterocycles. The summed E-state index contributed by atoms with van der Waals surface area (Å²) in [6.45, 7) is 2.87. The fraction of sp³-hybridized carbons (Fsp3) is 0.500. The normalized spacial score (nSPS) is 11.4. The first-order chi connectivity index (χ1) is 8.53. The molecule has 0 aliphatic heterocycles.